The molecule has 1 aliphatic rings. The van der Waals surface area contributed by atoms with Gasteiger partial charge >= 0.3 is 5.97 Å². The van der Waals surface area contributed by atoms with Crippen LogP contribution < -0.4 is 4.74 Å². The van der Waals surface area contributed by atoms with Gasteiger partial charge in [0.05, 0.1) is 17.0 Å². The van der Waals surface area contributed by atoms with Gasteiger partial charge in [-0.2, -0.15) is 0 Å². The summed E-state index contributed by atoms with van der Waals surface area (Å²) in [5.41, 5.74) is 3.25. The van der Waals surface area contributed by atoms with Gasteiger partial charge in [-0.05, 0) is 64.9 Å². The van der Waals surface area contributed by atoms with Crippen molar-refractivity contribution in [1.82, 2.24) is 4.90 Å². The van der Waals surface area contributed by atoms with Crippen LogP contribution in [0.15, 0.2) is 95.9 Å². The average molecular weight is 480 g/mol. The lowest BCUT2D eigenvalue weighted by atomic mass is 10.0. The van der Waals surface area contributed by atoms with Crippen LogP contribution >= 0.6 is 11.8 Å². The topological polar surface area (TPSA) is 63.7 Å². The predicted octanol–water partition coefficient (Wildman–Crippen LogP) is 6.60. The van der Waals surface area contributed by atoms with Crippen molar-refractivity contribution in [3.8, 4) is 5.75 Å². The fraction of sp³-hybridized carbons (Fsp3) is 0.0690. The molecule has 172 valence electrons. The van der Waals surface area contributed by atoms with Crippen LogP contribution in [0.1, 0.15) is 27.0 Å². The molecule has 2 amide bonds. The van der Waals surface area contributed by atoms with E-state index in [2.05, 4.69) is 0 Å². The zero-order chi connectivity index (χ0) is 24.4. The number of benzene rings is 4. The number of carbonyl (C=O) groups is 3. The molecule has 0 spiro atoms. The maximum absolute atomic E-state index is 12.8. The van der Waals surface area contributed by atoms with Gasteiger partial charge in [0.25, 0.3) is 11.1 Å². The van der Waals surface area contributed by atoms with E-state index < -0.39 is 5.97 Å². The lowest BCUT2D eigenvalue weighted by Crippen LogP contribution is -2.27. The number of thioether (sulfide) groups is 1. The van der Waals surface area contributed by atoms with Crippen molar-refractivity contribution in [2.24, 2.45) is 0 Å². The van der Waals surface area contributed by atoms with Crippen molar-refractivity contribution < 1.29 is 19.1 Å². The molecule has 1 heterocycles. The maximum atomic E-state index is 12.8. The van der Waals surface area contributed by atoms with Gasteiger partial charge in [-0.1, -0.05) is 78.4 Å². The third kappa shape index (κ3) is 4.88. The monoisotopic (exact) mass is 479 g/mol. The maximum Gasteiger partial charge on any atom is 0.344 e. The van der Waals surface area contributed by atoms with Crippen LogP contribution in [0, 0.1) is 6.92 Å². The first-order valence-electron chi connectivity index (χ1n) is 11.1. The van der Waals surface area contributed by atoms with E-state index in [0.717, 1.165) is 39.2 Å². The second-order valence-electron chi connectivity index (χ2n) is 8.24. The molecule has 0 radical (unpaired) electrons. The Morgan fingerprint density at radius 3 is 2.37 bits per heavy atom. The van der Waals surface area contributed by atoms with Gasteiger partial charge in [-0.3, -0.25) is 14.5 Å². The molecule has 0 saturated carbocycles. The second-order valence-corrected chi connectivity index (χ2v) is 9.23. The van der Waals surface area contributed by atoms with Gasteiger partial charge in [-0.25, -0.2) is 4.79 Å². The summed E-state index contributed by atoms with van der Waals surface area (Å²) in [5.74, 6) is -0.355. The molecule has 0 bridgehead atoms. The first kappa shape index (κ1) is 22.6. The highest BCUT2D eigenvalue weighted by atomic mass is 32.2. The van der Waals surface area contributed by atoms with Crippen molar-refractivity contribution in [2.75, 3.05) is 0 Å². The number of hydrogen-bond donors (Lipinski definition) is 0. The van der Waals surface area contributed by atoms with Crippen LogP contribution in [0.25, 0.3) is 16.8 Å². The Labute approximate surface area is 207 Å². The normalized spacial score (nSPS) is 14.7. The highest BCUT2D eigenvalue weighted by Gasteiger charge is 2.34. The zero-order valence-electron chi connectivity index (χ0n) is 18.9. The third-order valence-corrected chi connectivity index (χ3v) is 6.64. The van der Waals surface area contributed by atoms with E-state index >= 15 is 0 Å². The Balaban J connectivity index is 1.28. The summed E-state index contributed by atoms with van der Waals surface area (Å²) in [6.45, 7) is 2.23. The Bertz CT molecular complexity index is 1470. The van der Waals surface area contributed by atoms with Crippen molar-refractivity contribution in [1.29, 1.82) is 0 Å². The summed E-state index contributed by atoms with van der Waals surface area (Å²) < 4.78 is 5.57. The van der Waals surface area contributed by atoms with Crippen molar-refractivity contribution >= 4 is 45.7 Å². The van der Waals surface area contributed by atoms with E-state index in [1.807, 2.05) is 67.6 Å². The molecule has 1 fully saturated rings. The van der Waals surface area contributed by atoms with Gasteiger partial charge in [0, 0.05) is 0 Å². The molecular weight excluding hydrogens is 458 g/mol. The number of nitrogens with zero attached hydrogens (tertiary/aromatic N) is 1. The Kier molecular flexibility index (Phi) is 6.21. The molecule has 35 heavy (non-hydrogen) atoms. The smallest absolute Gasteiger partial charge is 0.344 e. The number of rotatable bonds is 5. The van der Waals surface area contributed by atoms with E-state index in [1.54, 1.807) is 36.4 Å². The van der Waals surface area contributed by atoms with Crippen LogP contribution in [0.4, 0.5) is 4.79 Å². The quantitative estimate of drug-likeness (QED) is 0.183. The number of imide groups is 1. The van der Waals surface area contributed by atoms with Crippen LogP contribution in [0.3, 0.4) is 0 Å². The molecule has 0 aromatic heterocycles. The minimum Gasteiger partial charge on any atom is -0.423 e. The number of amides is 2. The molecule has 6 heteroatoms. The van der Waals surface area contributed by atoms with E-state index in [9.17, 15) is 14.4 Å². The van der Waals surface area contributed by atoms with E-state index in [-0.39, 0.29) is 17.7 Å². The standard InChI is InChI=1S/C29H21NO4S/c1-19-9-11-21(12-10-19)18-30-27(31)26(35-29(30)33)17-20-13-15-23(16-14-20)34-28(32)25-8-4-6-22-5-2-3-7-24(22)25/h2-17H,18H2,1H3/b26-17-. The van der Waals surface area contributed by atoms with Crippen LogP contribution in [0.5, 0.6) is 5.75 Å². The summed E-state index contributed by atoms with van der Waals surface area (Å²) in [4.78, 5) is 39.6. The van der Waals surface area contributed by atoms with Crippen molar-refractivity contribution in [2.45, 2.75) is 13.5 Å². The highest BCUT2D eigenvalue weighted by molar-refractivity contribution is 8.18. The Morgan fingerprint density at radius 2 is 1.60 bits per heavy atom. The van der Waals surface area contributed by atoms with E-state index in [0.29, 0.717) is 16.2 Å². The molecule has 4 aromatic carbocycles. The number of fused-ring (bicyclic) bond motifs is 1. The van der Waals surface area contributed by atoms with Gasteiger partial charge in [0.1, 0.15) is 5.75 Å². The average Bonchev–Trinajstić information content (AvgIpc) is 3.13. The molecule has 0 aliphatic carbocycles. The second kappa shape index (κ2) is 9.60. The Morgan fingerprint density at radius 1 is 0.886 bits per heavy atom. The summed E-state index contributed by atoms with van der Waals surface area (Å²) in [6, 6.07) is 27.8. The first-order chi connectivity index (χ1) is 17.0. The molecule has 0 unspecified atom stereocenters. The molecule has 5 rings (SSSR count). The number of aryl methyl sites for hydroxylation is 1. The summed E-state index contributed by atoms with van der Waals surface area (Å²) in [5, 5.41) is 1.51. The fourth-order valence-electron chi connectivity index (χ4n) is 3.86. The number of ether oxygens (including phenoxy) is 1. The van der Waals surface area contributed by atoms with Crippen LogP contribution in [0.2, 0.25) is 0 Å². The minimum absolute atomic E-state index is 0.241. The molecule has 5 nitrogen and oxygen atoms in total. The highest BCUT2D eigenvalue weighted by Crippen LogP contribution is 2.33. The lowest BCUT2D eigenvalue weighted by molar-refractivity contribution is -0.123. The third-order valence-electron chi connectivity index (χ3n) is 5.73. The van der Waals surface area contributed by atoms with E-state index in [4.69, 9.17) is 4.74 Å². The van der Waals surface area contributed by atoms with E-state index in [1.165, 1.54) is 4.90 Å². The lowest BCUT2D eigenvalue weighted by Gasteiger charge is -2.12. The van der Waals surface area contributed by atoms with Gasteiger partial charge in [-0.15, -0.1) is 0 Å². The van der Waals surface area contributed by atoms with Crippen molar-refractivity contribution in [3.05, 3.63) is 118 Å². The molecule has 4 aromatic rings. The van der Waals surface area contributed by atoms with Crippen LogP contribution in [-0.2, 0) is 11.3 Å². The molecular formula is C29H21NO4S. The largest absolute Gasteiger partial charge is 0.423 e. The number of esters is 1. The number of carbonyl (C=O) groups excluding carboxylic acids is 3. The zero-order valence-corrected chi connectivity index (χ0v) is 19.7. The fourth-order valence-corrected chi connectivity index (χ4v) is 4.70. The molecule has 1 aliphatic heterocycles. The molecule has 0 N–H and O–H groups in total. The predicted molar refractivity (Wildman–Crippen MR) is 138 cm³/mol. The minimum atomic E-state index is -0.438. The van der Waals surface area contributed by atoms with Gasteiger partial charge < -0.3 is 4.74 Å². The summed E-state index contributed by atoms with van der Waals surface area (Å²) in [7, 11) is 0. The Hall–Kier alpha value is -4.16. The molecule has 1 saturated heterocycles. The summed E-state index contributed by atoms with van der Waals surface area (Å²) in [6.07, 6.45) is 1.68. The van der Waals surface area contributed by atoms with Crippen LogP contribution in [-0.4, -0.2) is 22.0 Å². The number of hydrogen-bond acceptors (Lipinski definition) is 5. The molecule has 0 atom stereocenters. The van der Waals surface area contributed by atoms with Crippen molar-refractivity contribution in [3.63, 3.8) is 0 Å². The SMILES string of the molecule is Cc1ccc(CN2C(=O)S/C(=C\c3ccc(OC(=O)c4cccc5ccccc45)cc3)C2=O)cc1. The first-order valence-corrected chi connectivity index (χ1v) is 11.9. The van der Waals surface area contributed by atoms with Gasteiger partial charge in [0.15, 0.2) is 0 Å². The van der Waals surface area contributed by atoms with Gasteiger partial charge in [0.2, 0.25) is 0 Å². The summed E-state index contributed by atoms with van der Waals surface area (Å²) >= 11 is 0.925.